The van der Waals surface area contributed by atoms with Crippen LogP contribution in [0.25, 0.3) is 17.2 Å². The van der Waals surface area contributed by atoms with Crippen molar-refractivity contribution in [2.24, 2.45) is 0 Å². The molecular weight excluding hydrogens is 494 g/mol. The maximum atomic E-state index is 14.3. The molecule has 1 aliphatic heterocycles. The molecule has 0 atom stereocenters. The molecule has 5 nitrogen and oxygen atoms in total. The van der Waals surface area contributed by atoms with Crippen LogP contribution in [0.4, 0.5) is 17.6 Å². The van der Waals surface area contributed by atoms with Gasteiger partial charge in [-0.1, -0.05) is 36.5 Å². The Morgan fingerprint density at radius 3 is 2.50 bits per heavy atom. The second-order valence-corrected chi connectivity index (χ2v) is 9.18. The number of benzene rings is 2. The highest BCUT2D eigenvalue weighted by atomic mass is 32.2. The van der Waals surface area contributed by atoms with E-state index in [1.165, 1.54) is 29.2 Å². The van der Waals surface area contributed by atoms with Gasteiger partial charge in [0.25, 0.3) is 5.91 Å². The van der Waals surface area contributed by atoms with Crippen molar-refractivity contribution in [3.63, 3.8) is 0 Å². The normalized spacial score (nSPS) is 15.4. The molecule has 1 heterocycles. The second kappa shape index (κ2) is 10.6. The van der Waals surface area contributed by atoms with Gasteiger partial charge in [-0.15, -0.1) is 0 Å². The van der Waals surface area contributed by atoms with Gasteiger partial charge >= 0.3 is 12.1 Å². The van der Waals surface area contributed by atoms with Gasteiger partial charge < -0.3 is 10.2 Å². The SMILES string of the molecule is O=C(O)CCCCCN1C(=O)C(=Cc2ccc(O)c(-c3cc(C(F)(F)F)ccc3F)c2)SC1=S. The van der Waals surface area contributed by atoms with Gasteiger partial charge in [0.15, 0.2) is 0 Å². The van der Waals surface area contributed by atoms with Crippen molar-refractivity contribution < 1.29 is 37.4 Å². The van der Waals surface area contributed by atoms with Crippen molar-refractivity contribution >= 4 is 46.3 Å². The molecule has 11 heteroatoms. The van der Waals surface area contributed by atoms with E-state index in [2.05, 4.69) is 0 Å². The first-order chi connectivity index (χ1) is 16.0. The van der Waals surface area contributed by atoms with Crippen LogP contribution in [0.3, 0.4) is 0 Å². The number of hydrogen-bond donors (Lipinski definition) is 2. The van der Waals surface area contributed by atoms with E-state index in [9.17, 15) is 32.3 Å². The summed E-state index contributed by atoms with van der Waals surface area (Å²) in [5.41, 5.74) is -1.26. The van der Waals surface area contributed by atoms with Gasteiger partial charge in [-0.3, -0.25) is 14.5 Å². The molecule has 3 rings (SSSR count). The Morgan fingerprint density at radius 2 is 1.82 bits per heavy atom. The van der Waals surface area contributed by atoms with Gasteiger partial charge in [0.2, 0.25) is 0 Å². The number of carboxylic acids is 1. The lowest BCUT2D eigenvalue weighted by Gasteiger charge is -2.14. The van der Waals surface area contributed by atoms with Crippen LogP contribution in [0.1, 0.15) is 36.8 Å². The Hall–Kier alpha value is -2.92. The average Bonchev–Trinajstić information content (AvgIpc) is 3.01. The molecule has 180 valence electrons. The Labute approximate surface area is 202 Å². The van der Waals surface area contributed by atoms with Crippen LogP contribution in [-0.4, -0.2) is 37.9 Å². The highest BCUT2D eigenvalue weighted by Crippen LogP contribution is 2.38. The second-order valence-electron chi connectivity index (χ2n) is 7.51. The largest absolute Gasteiger partial charge is 0.507 e. The molecule has 34 heavy (non-hydrogen) atoms. The minimum atomic E-state index is -4.68. The fourth-order valence-electron chi connectivity index (χ4n) is 3.33. The summed E-state index contributed by atoms with van der Waals surface area (Å²) >= 11 is 6.31. The number of aromatic hydroxyl groups is 1. The number of thiocarbonyl (C=S) groups is 1. The molecule has 0 radical (unpaired) electrons. The molecular formula is C23H19F4NO4S2. The topological polar surface area (TPSA) is 77.8 Å². The Bertz CT molecular complexity index is 1160. The van der Waals surface area contributed by atoms with Crippen LogP contribution in [0.2, 0.25) is 0 Å². The Morgan fingerprint density at radius 1 is 1.09 bits per heavy atom. The number of thioether (sulfide) groups is 1. The first-order valence-electron chi connectivity index (χ1n) is 10.1. The first-order valence-corrected chi connectivity index (χ1v) is 11.4. The molecule has 2 aromatic carbocycles. The Kier molecular flexibility index (Phi) is 7.98. The number of hydrogen-bond acceptors (Lipinski definition) is 5. The zero-order chi connectivity index (χ0) is 25.0. The summed E-state index contributed by atoms with van der Waals surface area (Å²) in [5, 5.41) is 18.8. The van der Waals surface area contributed by atoms with E-state index in [4.69, 9.17) is 17.3 Å². The third-order valence-electron chi connectivity index (χ3n) is 5.05. The number of phenolic OH excluding ortho intramolecular Hbond substituents is 1. The molecule has 2 N–H and O–H groups in total. The number of aliphatic carboxylic acids is 1. The highest BCUT2D eigenvalue weighted by molar-refractivity contribution is 8.26. The molecule has 1 saturated heterocycles. The predicted octanol–water partition coefficient (Wildman–Crippen LogP) is 6.06. The molecule has 0 bridgehead atoms. The fraction of sp³-hybridized carbons (Fsp3) is 0.261. The van der Waals surface area contributed by atoms with Crippen molar-refractivity contribution in [2.75, 3.05) is 6.54 Å². The maximum absolute atomic E-state index is 14.3. The quantitative estimate of drug-likeness (QED) is 0.193. The highest BCUT2D eigenvalue weighted by Gasteiger charge is 2.32. The van der Waals surface area contributed by atoms with Crippen LogP contribution < -0.4 is 0 Å². The van der Waals surface area contributed by atoms with Gasteiger partial charge in [0, 0.05) is 24.1 Å². The fourth-order valence-corrected chi connectivity index (χ4v) is 4.64. The monoisotopic (exact) mass is 513 g/mol. The van der Waals surface area contributed by atoms with E-state index in [0.29, 0.717) is 53.9 Å². The number of amides is 1. The minimum Gasteiger partial charge on any atom is -0.507 e. The Balaban J connectivity index is 1.81. The van der Waals surface area contributed by atoms with Crippen molar-refractivity contribution in [3.8, 4) is 16.9 Å². The van der Waals surface area contributed by atoms with Crippen LogP contribution >= 0.6 is 24.0 Å². The van der Waals surface area contributed by atoms with Gasteiger partial charge in [-0.2, -0.15) is 13.2 Å². The lowest BCUT2D eigenvalue weighted by atomic mass is 9.99. The van der Waals surface area contributed by atoms with E-state index in [-0.39, 0.29) is 22.8 Å². The summed E-state index contributed by atoms with van der Waals surface area (Å²) < 4.78 is 53.9. The third-order valence-corrected chi connectivity index (χ3v) is 6.43. The smallest absolute Gasteiger partial charge is 0.416 e. The lowest BCUT2D eigenvalue weighted by molar-refractivity contribution is -0.138. The number of rotatable bonds is 8. The molecule has 0 saturated carbocycles. The standard InChI is InChI=1S/C23H19F4NO4S2/c24-17-7-6-14(23(25,26)27)12-15(17)16-10-13(5-8-18(16)29)11-19-21(32)28(22(33)34-19)9-3-1-2-4-20(30)31/h5-8,10-12,29H,1-4,9H2,(H,30,31). The number of unbranched alkanes of at least 4 members (excludes halogenated alkanes) is 2. The summed E-state index contributed by atoms with van der Waals surface area (Å²) in [6.07, 6.45) is -1.48. The number of nitrogens with zero attached hydrogens (tertiary/aromatic N) is 1. The number of alkyl halides is 3. The molecule has 2 aromatic rings. The average molecular weight is 514 g/mol. The van der Waals surface area contributed by atoms with Crippen LogP contribution in [0, 0.1) is 5.82 Å². The molecule has 1 aliphatic rings. The van der Waals surface area contributed by atoms with Gasteiger partial charge in [-0.25, -0.2) is 4.39 Å². The first kappa shape index (κ1) is 25.7. The van der Waals surface area contributed by atoms with Crippen molar-refractivity contribution in [3.05, 3.63) is 58.2 Å². The molecule has 0 aliphatic carbocycles. The van der Waals surface area contributed by atoms with Crippen LogP contribution in [0.15, 0.2) is 41.3 Å². The summed E-state index contributed by atoms with van der Waals surface area (Å²) in [6.45, 7) is 0.331. The van der Waals surface area contributed by atoms with Crippen molar-refractivity contribution in [1.29, 1.82) is 0 Å². The number of carboxylic acid groups (broad SMARTS) is 1. The van der Waals surface area contributed by atoms with E-state index in [1.54, 1.807) is 0 Å². The van der Waals surface area contributed by atoms with Gasteiger partial charge in [0.05, 0.1) is 10.5 Å². The number of carbonyl (C=O) groups excluding carboxylic acids is 1. The number of carbonyl (C=O) groups is 2. The summed E-state index contributed by atoms with van der Waals surface area (Å²) in [4.78, 5) is 25.0. The zero-order valence-electron chi connectivity index (χ0n) is 17.6. The van der Waals surface area contributed by atoms with Crippen LogP contribution in [0.5, 0.6) is 5.75 Å². The summed E-state index contributed by atoms with van der Waals surface area (Å²) in [6, 6.07) is 5.88. The van der Waals surface area contributed by atoms with E-state index in [0.717, 1.165) is 11.8 Å². The predicted molar refractivity (Wildman–Crippen MR) is 124 cm³/mol. The molecule has 1 fully saturated rings. The van der Waals surface area contributed by atoms with Gasteiger partial charge in [-0.05, 0) is 54.8 Å². The van der Waals surface area contributed by atoms with E-state index < -0.39 is 34.8 Å². The number of halogens is 4. The van der Waals surface area contributed by atoms with Crippen LogP contribution in [-0.2, 0) is 15.8 Å². The molecule has 1 amide bonds. The van der Waals surface area contributed by atoms with E-state index in [1.807, 2.05) is 0 Å². The third kappa shape index (κ3) is 6.15. The van der Waals surface area contributed by atoms with Crippen molar-refractivity contribution in [1.82, 2.24) is 4.90 Å². The zero-order valence-corrected chi connectivity index (χ0v) is 19.2. The lowest BCUT2D eigenvalue weighted by Crippen LogP contribution is -2.29. The summed E-state index contributed by atoms with van der Waals surface area (Å²) in [5.74, 6) is -2.58. The summed E-state index contributed by atoms with van der Waals surface area (Å²) in [7, 11) is 0. The minimum absolute atomic E-state index is 0.0496. The van der Waals surface area contributed by atoms with Crippen molar-refractivity contribution in [2.45, 2.75) is 31.9 Å². The maximum Gasteiger partial charge on any atom is 0.416 e. The molecule has 0 aromatic heterocycles. The number of phenols is 1. The van der Waals surface area contributed by atoms with Gasteiger partial charge in [0.1, 0.15) is 15.9 Å². The molecule has 0 unspecified atom stereocenters. The van der Waals surface area contributed by atoms with E-state index >= 15 is 0 Å². The molecule has 0 spiro atoms.